The molecule has 1 aromatic heterocycles. The second kappa shape index (κ2) is 5.25. The summed E-state index contributed by atoms with van der Waals surface area (Å²) < 4.78 is 9.66. The first-order valence-electron chi connectivity index (χ1n) is 5.33. The van der Waals surface area contributed by atoms with Gasteiger partial charge < -0.3 is 15.4 Å². The van der Waals surface area contributed by atoms with E-state index in [2.05, 4.69) is 9.27 Å². The molecule has 0 aromatic carbocycles. The molecular weight excluding hydrogens is 242 g/mol. The van der Waals surface area contributed by atoms with Crippen LogP contribution in [0.1, 0.15) is 12.8 Å². The predicted molar refractivity (Wildman–Crippen MR) is 70.6 cm³/mol. The van der Waals surface area contributed by atoms with Crippen LogP contribution in [0.25, 0.3) is 0 Å². The van der Waals surface area contributed by atoms with Crippen LogP contribution in [0.4, 0.5) is 10.8 Å². The number of anilines is 2. The summed E-state index contributed by atoms with van der Waals surface area (Å²) in [5.74, 6) is 0.659. The highest BCUT2D eigenvalue weighted by Crippen LogP contribution is 2.38. The molecule has 90 valence electrons. The Kier molecular flexibility index (Phi) is 3.94. The Bertz CT molecular complexity index is 356. The summed E-state index contributed by atoms with van der Waals surface area (Å²) in [6.07, 6.45) is 4.70. The van der Waals surface area contributed by atoms with Gasteiger partial charge in [0, 0.05) is 20.2 Å². The Morgan fingerprint density at radius 1 is 1.62 bits per heavy atom. The fourth-order valence-corrected chi connectivity index (χ4v) is 3.72. The maximum atomic E-state index is 5.85. The molecule has 2 N–H and O–H groups in total. The normalized spacial score (nSPS) is 21.4. The highest BCUT2D eigenvalue weighted by Gasteiger charge is 2.24. The van der Waals surface area contributed by atoms with Gasteiger partial charge >= 0.3 is 0 Å². The van der Waals surface area contributed by atoms with E-state index in [9.17, 15) is 0 Å². The van der Waals surface area contributed by atoms with Gasteiger partial charge in [0.15, 0.2) is 5.82 Å². The number of ether oxygens (including phenoxy) is 1. The Morgan fingerprint density at radius 3 is 3.12 bits per heavy atom. The van der Waals surface area contributed by atoms with Gasteiger partial charge in [-0.2, -0.15) is 4.37 Å². The Labute approximate surface area is 104 Å². The van der Waals surface area contributed by atoms with Crippen molar-refractivity contribution in [3.05, 3.63) is 0 Å². The van der Waals surface area contributed by atoms with Gasteiger partial charge in [0.2, 0.25) is 0 Å². The first-order chi connectivity index (χ1) is 7.76. The second-order valence-corrected chi connectivity index (χ2v) is 5.42. The van der Waals surface area contributed by atoms with Gasteiger partial charge in [0.1, 0.15) is 5.00 Å². The van der Waals surface area contributed by atoms with Gasteiger partial charge in [-0.25, -0.2) is 0 Å². The van der Waals surface area contributed by atoms with E-state index in [1.807, 2.05) is 6.26 Å². The Morgan fingerprint density at radius 2 is 2.44 bits per heavy atom. The lowest BCUT2D eigenvalue weighted by Crippen LogP contribution is -2.39. The number of nitrogens with zero attached hydrogens (tertiary/aromatic N) is 2. The predicted octanol–water partition coefficient (Wildman–Crippen LogP) is 2.06. The van der Waals surface area contributed by atoms with E-state index >= 15 is 0 Å². The molecular formula is C10H17N3OS2. The van der Waals surface area contributed by atoms with Crippen molar-refractivity contribution in [1.29, 1.82) is 0 Å². The zero-order valence-corrected chi connectivity index (χ0v) is 11.2. The van der Waals surface area contributed by atoms with Gasteiger partial charge in [-0.05, 0) is 30.6 Å². The van der Waals surface area contributed by atoms with Crippen LogP contribution < -0.4 is 10.6 Å². The molecule has 16 heavy (non-hydrogen) atoms. The molecule has 0 amide bonds. The van der Waals surface area contributed by atoms with Crippen molar-refractivity contribution in [3.8, 4) is 0 Å². The third-order valence-electron chi connectivity index (χ3n) is 2.86. The molecule has 0 aliphatic carbocycles. The number of piperidine rings is 1. The average Bonchev–Trinajstić information content (AvgIpc) is 2.70. The standard InChI is InChI=1S/C10H17N3OS2/c1-14-7-4-3-5-13(6-7)10-8(15-2)9(11)12-16-10/h7H,3-6H2,1-2H3,(H2,11,12). The first kappa shape index (κ1) is 12.0. The van der Waals surface area contributed by atoms with Gasteiger partial charge in [-0.15, -0.1) is 11.8 Å². The van der Waals surface area contributed by atoms with Crippen molar-refractivity contribution in [2.24, 2.45) is 0 Å². The summed E-state index contributed by atoms with van der Waals surface area (Å²) >= 11 is 3.17. The van der Waals surface area contributed by atoms with E-state index in [0.29, 0.717) is 11.9 Å². The summed E-state index contributed by atoms with van der Waals surface area (Å²) in [7, 11) is 1.78. The molecule has 2 rings (SSSR count). The van der Waals surface area contributed by atoms with Crippen LogP contribution in [0.15, 0.2) is 4.90 Å². The van der Waals surface area contributed by atoms with E-state index in [4.69, 9.17) is 10.5 Å². The molecule has 0 saturated carbocycles. The fraction of sp³-hybridized carbons (Fsp3) is 0.700. The van der Waals surface area contributed by atoms with Crippen LogP contribution in [0.5, 0.6) is 0 Å². The number of thioether (sulfide) groups is 1. The van der Waals surface area contributed by atoms with E-state index in [1.165, 1.54) is 23.0 Å². The minimum Gasteiger partial charge on any atom is -0.382 e. The Hall–Kier alpha value is -0.460. The van der Waals surface area contributed by atoms with E-state index < -0.39 is 0 Å². The second-order valence-electron chi connectivity index (χ2n) is 3.85. The van der Waals surface area contributed by atoms with E-state index in [1.54, 1.807) is 18.9 Å². The number of hydrogen-bond donors (Lipinski definition) is 1. The summed E-state index contributed by atoms with van der Waals surface area (Å²) in [4.78, 5) is 3.46. The lowest BCUT2D eigenvalue weighted by molar-refractivity contribution is 0.0894. The maximum Gasteiger partial charge on any atom is 0.153 e. The van der Waals surface area contributed by atoms with E-state index in [0.717, 1.165) is 24.4 Å². The van der Waals surface area contributed by atoms with Crippen LogP contribution >= 0.6 is 23.3 Å². The number of rotatable bonds is 3. The number of hydrogen-bond acceptors (Lipinski definition) is 6. The van der Waals surface area contributed by atoms with Gasteiger partial charge in [-0.3, -0.25) is 0 Å². The smallest absolute Gasteiger partial charge is 0.153 e. The number of nitrogen functional groups attached to an aromatic ring is 1. The maximum absolute atomic E-state index is 5.85. The van der Waals surface area contributed by atoms with Crippen molar-refractivity contribution >= 4 is 34.1 Å². The third kappa shape index (κ3) is 2.28. The highest BCUT2D eigenvalue weighted by molar-refractivity contribution is 7.99. The highest BCUT2D eigenvalue weighted by atomic mass is 32.2. The molecule has 0 bridgehead atoms. The summed E-state index contributed by atoms with van der Waals surface area (Å²) in [5.41, 5.74) is 5.85. The zero-order valence-electron chi connectivity index (χ0n) is 9.60. The lowest BCUT2D eigenvalue weighted by Gasteiger charge is -2.32. The third-order valence-corrected chi connectivity index (χ3v) is 4.72. The van der Waals surface area contributed by atoms with Crippen molar-refractivity contribution in [2.45, 2.75) is 23.8 Å². The summed E-state index contributed by atoms with van der Waals surface area (Å²) in [6, 6.07) is 0. The van der Waals surface area contributed by atoms with Crippen molar-refractivity contribution in [3.63, 3.8) is 0 Å². The molecule has 1 saturated heterocycles. The van der Waals surface area contributed by atoms with Crippen LogP contribution in [-0.4, -0.2) is 36.9 Å². The zero-order chi connectivity index (χ0) is 11.5. The molecule has 0 radical (unpaired) electrons. The molecule has 0 spiro atoms. The monoisotopic (exact) mass is 259 g/mol. The minimum absolute atomic E-state index is 0.340. The Balaban J connectivity index is 2.16. The molecule has 1 aliphatic rings. The largest absolute Gasteiger partial charge is 0.382 e. The van der Waals surface area contributed by atoms with Crippen LogP contribution in [0.3, 0.4) is 0 Å². The van der Waals surface area contributed by atoms with Gasteiger partial charge in [0.05, 0.1) is 11.0 Å². The lowest BCUT2D eigenvalue weighted by atomic mass is 10.1. The molecule has 2 heterocycles. The molecule has 1 aliphatic heterocycles. The van der Waals surface area contributed by atoms with Gasteiger partial charge in [-0.1, -0.05) is 0 Å². The summed E-state index contributed by atoms with van der Waals surface area (Å²) in [6.45, 7) is 2.03. The fourth-order valence-electron chi connectivity index (χ4n) is 1.99. The van der Waals surface area contributed by atoms with Crippen molar-refractivity contribution in [1.82, 2.24) is 4.37 Å². The summed E-state index contributed by atoms with van der Waals surface area (Å²) in [5, 5.41) is 1.20. The number of methoxy groups -OCH3 is 1. The average molecular weight is 259 g/mol. The first-order valence-corrected chi connectivity index (χ1v) is 7.33. The number of aromatic nitrogens is 1. The molecule has 1 aromatic rings. The molecule has 1 atom stereocenters. The van der Waals surface area contributed by atoms with Crippen LogP contribution in [0.2, 0.25) is 0 Å². The molecule has 1 unspecified atom stereocenters. The topological polar surface area (TPSA) is 51.4 Å². The van der Waals surface area contributed by atoms with Crippen molar-refractivity contribution in [2.75, 3.05) is 37.1 Å². The molecule has 1 fully saturated rings. The number of nitrogens with two attached hydrogens (primary N) is 1. The van der Waals surface area contributed by atoms with Crippen LogP contribution in [0, 0.1) is 0 Å². The van der Waals surface area contributed by atoms with E-state index in [-0.39, 0.29) is 0 Å². The minimum atomic E-state index is 0.340. The SMILES string of the molecule is COC1CCCN(c2snc(N)c2SC)C1. The van der Waals surface area contributed by atoms with Crippen LogP contribution in [-0.2, 0) is 4.74 Å². The van der Waals surface area contributed by atoms with Crippen molar-refractivity contribution < 1.29 is 4.74 Å². The van der Waals surface area contributed by atoms with Gasteiger partial charge in [0.25, 0.3) is 0 Å². The molecule has 4 nitrogen and oxygen atoms in total. The molecule has 6 heteroatoms. The quantitative estimate of drug-likeness (QED) is 0.842.